The number of hydrogen-bond acceptors (Lipinski definition) is 3. The summed E-state index contributed by atoms with van der Waals surface area (Å²) >= 11 is 0. The number of ether oxygens (including phenoxy) is 1. The molecule has 0 aromatic carbocycles. The molecule has 2 heterocycles. The van der Waals surface area contributed by atoms with E-state index < -0.39 is 0 Å². The number of nitrogens with zero attached hydrogens (tertiary/aromatic N) is 3. The maximum absolute atomic E-state index is 5.17. The van der Waals surface area contributed by atoms with Crippen LogP contribution in [-0.2, 0) is 11.3 Å². The minimum atomic E-state index is 0.527. The van der Waals surface area contributed by atoms with Gasteiger partial charge in [0, 0.05) is 44.9 Å². The first kappa shape index (κ1) is 15.1. The lowest BCUT2D eigenvalue weighted by atomic mass is 9.97. The standard InChI is InChI=1S/C16H25N3O/c1-3-4-5-9-18-10-6-7-15(14-18)16-17-8-11-19(16)12-13-20-2/h8,11,15H,3,6-7,9-10,12-14H2,1-2H3/t15-/m0/s1. The van der Waals surface area contributed by atoms with Crippen molar-refractivity contribution in [2.45, 2.75) is 38.6 Å². The largest absolute Gasteiger partial charge is 0.383 e. The zero-order valence-electron chi connectivity index (χ0n) is 12.6. The van der Waals surface area contributed by atoms with Crippen LogP contribution < -0.4 is 0 Å². The maximum atomic E-state index is 5.17. The van der Waals surface area contributed by atoms with Gasteiger partial charge in [-0.05, 0) is 19.4 Å². The Kier molecular flexibility index (Phi) is 6.10. The first-order valence-corrected chi connectivity index (χ1v) is 7.53. The smallest absolute Gasteiger partial charge is 0.113 e. The fraction of sp³-hybridized carbons (Fsp3) is 0.688. The van der Waals surface area contributed by atoms with Crippen LogP contribution in [0.2, 0.25) is 0 Å². The molecule has 4 nitrogen and oxygen atoms in total. The molecule has 0 radical (unpaired) electrons. The van der Waals surface area contributed by atoms with Gasteiger partial charge in [-0.15, -0.1) is 5.92 Å². The van der Waals surface area contributed by atoms with E-state index in [9.17, 15) is 0 Å². The van der Waals surface area contributed by atoms with E-state index in [4.69, 9.17) is 4.74 Å². The minimum absolute atomic E-state index is 0.527. The Morgan fingerprint density at radius 2 is 2.35 bits per heavy atom. The second kappa shape index (κ2) is 8.08. The minimum Gasteiger partial charge on any atom is -0.383 e. The SMILES string of the molecule is CCC#CCN1CCC[C@H](c2nccn2CCOC)C1. The Hall–Kier alpha value is -1.31. The summed E-state index contributed by atoms with van der Waals surface area (Å²) in [4.78, 5) is 7.02. The van der Waals surface area contributed by atoms with Gasteiger partial charge in [0.2, 0.25) is 0 Å². The van der Waals surface area contributed by atoms with Crippen LogP contribution in [0.15, 0.2) is 12.4 Å². The molecule has 0 unspecified atom stereocenters. The van der Waals surface area contributed by atoms with Gasteiger partial charge in [0.15, 0.2) is 0 Å². The molecule has 1 aliphatic rings. The van der Waals surface area contributed by atoms with Gasteiger partial charge in [-0.3, -0.25) is 4.90 Å². The third-order valence-electron chi connectivity index (χ3n) is 3.76. The quantitative estimate of drug-likeness (QED) is 0.771. The summed E-state index contributed by atoms with van der Waals surface area (Å²) in [5.41, 5.74) is 0. The van der Waals surface area contributed by atoms with Gasteiger partial charge in [-0.1, -0.05) is 12.8 Å². The van der Waals surface area contributed by atoms with Gasteiger partial charge in [0.05, 0.1) is 13.2 Å². The summed E-state index contributed by atoms with van der Waals surface area (Å²) in [6.45, 7) is 6.84. The van der Waals surface area contributed by atoms with Gasteiger partial charge in [-0.25, -0.2) is 4.98 Å². The van der Waals surface area contributed by atoms with Crippen LogP contribution in [0.4, 0.5) is 0 Å². The van der Waals surface area contributed by atoms with Crippen LogP contribution in [0.1, 0.15) is 37.9 Å². The molecule has 0 N–H and O–H groups in total. The van der Waals surface area contributed by atoms with Crippen molar-refractivity contribution in [1.82, 2.24) is 14.5 Å². The predicted molar refractivity (Wildman–Crippen MR) is 80.6 cm³/mol. The van der Waals surface area contributed by atoms with Crippen LogP contribution in [0.25, 0.3) is 0 Å². The molecule has 0 aliphatic carbocycles. The van der Waals surface area contributed by atoms with Crippen LogP contribution in [0.5, 0.6) is 0 Å². The number of hydrogen-bond donors (Lipinski definition) is 0. The van der Waals surface area contributed by atoms with Crippen LogP contribution in [0.3, 0.4) is 0 Å². The third-order valence-corrected chi connectivity index (χ3v) is 3.76. The Morgan fingerprint density at radius 1 is 1.45 bits per heavy atom. The van der Waals surface area contributed by atoms with Crippen molar-refractivity contribution in [3.8, 4) is 11.8 Å². The highest BCUT2D eigenvalue weighted by atomic mass is 16.5. The molecule has 1 aromatic heterocycles. The lowest BCUT2D eigenvalue weighted by Crippen LogP contribution is -2.35. The van der Waals surface area contributed by atoms with Crippen molar-refractivity contribution in [3.05, 3.63) is 18.2 Å². The molecule has 20 heavy (non-hydrogen) atoms. The maximum Gasteiger partial charge on any atom is 0.113 e. The zero-order valence-corrected chi connectivity index (χ0v) is 12.6. The molecule has 1 fully saturated rings. The molecule has 0 saturated carbocycles. The number of piperidine rings is 1. The Labute approximate surface area is 122 Å². The molecule has 0 spiro atoms. The van der Waals surface area contributed by atoms with Crippen molar-refractivity contribution < 1.29 is 4.74 Å². The van der Waals surface area contributed by atoms with Gasteiger partial charge in [0.25, 0.3) is 0 Å². The summed E-state index contributed by atoms with van der Waals surface area (Å²) < 4.78 is 7.40. The fourth-order valence-corrected chi connectivity index (χ4v) is 2.76. The van der Waals surface area contributed by atoms with E-state index in [1.165, 1.54) is 18.7 Å². The van der Waals surface area contributed by atoms with Crippen molar-refractivity contribution in [2.24, 2.45) is 0 Å². The molecule has 0 bridgehead atoms. The van der Waals surface area contributed by atoms with E-state index >= 15 is 0 Å². The summed E-state index contributed by atoms with van der Waals surface area (Å²) in [5, 5.41) is 0. The topological polar surface area (TPSA) is 30.3 Å². The van der Waals surface area contributed by atoms with Crippen LogP contribution in [0, 0.1) is 11.8 Å². The lowest BCUT2D eigenvalue weighted by molar-refractivity contribution is 0.182. The molecular weight excluding hydrogens is 250 g/mol. The molecule has 4 heteroatoms. The third kappa shape index (κ3) is 4.09. The van der Waals surface area contributed by atoms with Crippen molar-refractivity contribution >= 4 is 0 Å². The second-order valence-electron chi connectivity index (χ2n) is 5.25. The molecular formula is C16H25N3O. The van der Waals surface area contributed by atoms with Crippen molar-refractivity contribution in [3.63, 3.8) is 0 Å². The predicted octanol–water partition coefficient (Wildman–Crippen LogP) is 2.12. The summed E-state index contributed by atoms with van der Waals surface area (Å²) in [5.74, 6) is 8.13. The molecule has 2 rings (SSSR count). The highest BCUT2D eigenvalue weighted by molar-refractivity contribution is 5.06. The van der Waals surface area contributed by atoms with E-state index in [0.29, 0.717) is 5.92 Å². The Morgan fingerprint density at radius 3 is 3.15 bits per heavy atom. The molecule has 0 amide bonds. The number of methoxy groups -OCH3 is 1. The molecule has 110 valence electrons. The average molecular weight is 275 g/mol. The monoisotopic (exact) mass is 275 g/mol. The lowest BCUT2D eigenvalue weighted by Gasteiger charge is -2.31. The number of likely N-dealkylation sites (tertiary alicyclic amines) is 1. The van der Waals surface area contributed by atoms with Gasteiger partial charge in [-0.2, -0.15) is 0 Å². The number of aromatic nitrogens is 2. The Balaban J connectivity index is 1.96. The second-order valence-corrected chi connectivity index (χ2v) is 5.25. The van der Waals surface area contributed by atoms with Crippen LogP contribution in [-0.4, -0.2) is 47.8 Å². The van der Waals surface area contributed by atoms with Gasteiger partial charge < -0.3 is 9.30 Å². The first-order valence-electron chi connectivity index (χ1n) is 7.53. The van der Waals surface area contributed by atoms with Gasteiger partial charge >= 0.3 is 0 Å². The van der Waals surface area contributed by atoms with Crippen LogP contribution >= 0.6 is 0 Å². The average Bonchev–Trinajstić information content (AvgIpc) is 2.94. The fourth-order valence-electron chi connectivity index (χ4n) is 2.76. The highest BCUT2D eigenvalue weighted by Crippen LogP contribution is 2.25. The van der Waals surface area contributed by atoms with Gasteiger partial charge in [0.1, 0.15) is 5.82 Å². The van der Waals surface area contributed by atoms with E-state index in [2.05, 4.69) is 39.4 Å². The van der Waals surface area contributed by atoms with E-state index in [0.717, 1.165) is 39.2 Å². The first-order chi connectivity index (χ1) is 9.85. The normalized spacial score (nSPS) is 19.6. The summed E-state index contributed by atoms with van der Waals surface area (Å²) in [6.07, 6.45) is 7.36. The molecule has 1 atom stereocenters. The van der Waals surface area contributed by atoms with E-state index in [-0.39, 0.29) is 0 Å². The van der Waals surface area contributed by atoms with Crippen molar-refractivity contribution in [2.75, 3.05) is 33.4 Å². The zero-order chi connectivity index (χ0) is 14.2. The van der Waals surface area contributed by atoms with E-state index in [1.54, 1.807) is 7.11 Å². The number of rotatable bonds is 5. The molecule has 1 aliphatic heterocycles. The number of imidazole rings is 1. The summed E-state index contributed by atoms with van der Waals surface area (Å²) in [7, 11) is 1.74. The molecule has 1 saturated heterocycles. The Bertz CT molecular complexity index is 458. The highest BCUT2D eigenvalue weighted by Gasteiger charge is 2.23. The molecule has 1 aromatic rings. The van der Waals surface area contributed by atoms with Crippen molar-refractivity contribution in [1.29, 1.82) is 0 Å². The van der Waals surface area contributed by atoms with E-state index in [1.807, 2.05) is 6.20 Å². The summed E-state index contributed by atoms with van der Waals surface area (Å²) in [6, 6.07) is 0.